The van der Waals surface area contributed by atoms with Crippen LogP contribution in [0, 0.1) is 11.3 Å². The fourth-order valence-electron chi connectivity index (χ4n) is 5.67. The monoisotopic (exact) mass is 493 g/mol. The number of esters is 1. The first-order valence-corrected chi connectivity index (χ1v) is 14.4. The third-order valence-electron chi connectivity index (χ3n) is 8.03. The van der Waals surface area contributed by atoms with Crippen LogP contribution in [-0.4, -0.2) is 29.1 Å². The van der Waals surface area contributed by atoms with Gasteiger partial charge in [-0.05, 0) is 67.6 Å². The lowest BCUT2D eigenvalue weighted by Crippen LogP contribution is -2.32. The number of ether oxygens (including phenoxy) is 1. The molecule has 0 bridgehead atoms. The van der Waals surface area contributed by atoms with Crippen LogP contribution in [0.4, 0.5) is 0 Å². The number of carbonyl (C=O) groups excluding carboxylic acids is 2. The topological polar surface area (TPSA) is 56.3 Å². The van der Waals surface area contributed by atoms with Gasteiger partial charge < -0.3 is 4.74 Å². The Hall–Kier alpha value is -2.14. The van der Waals surface area contributed by atoms with Gasteiger partial charge in [-0.3, -0.25) is 9.59 Å². The molecule has 0 N–H and O–H groups in total. The lowest BCUT2D eigenvalue weighted by Gasteiger charge is -2.36. The molecule has 4 nitrogen and oxygen atoms in total. The first-order chi connectivity index (χ1) is 17.0. The first kappa shape index (κ1) is 25.9. The minimum Gasteiger partial charge on any atom is -0.465 e. The van der Waals surface area contributed by atoms with Gasteiger partial charge >= 0.3 is 5.97 Å². The minimum atomic E-state index is -0.175. The molecular formula is C30H39NO3S. The molecule has 1 aromatic heterocycles. The Labute approximate surface area is 214 Å². The number of benzene rings is 1. The maximum Gasteiger partial charge on any atom is 0.306 e. The fraction of sp³-hybridized carbons (Fsp3) is 0.567. The second-order valence-electron chi connectivity index (χ2n) is 10.3. The van der Waals surface area contributed by atoms with Crippen molar-refractivity contribution in [2.75, 3.05) is 12.4 Å². The molecule has 0 radical (unpaired) electrons. The highest BCUT2D eigenvalue weighted by atomic mass is 32.2. The molecule has 0 amide bonds. The van der Waals surface area contributed by atoms with E-state index in [1.165, 1.54) is 24.0 Å². The minimum absolute atomic E-state index is 0.108. The third-order valence-corrected chi connectivity index (χ3v) is 8.97. The van der Waals surface area contributed by atoms with Gasteiger partial charge in [-0.15, -0.1) is 11.8 Å². The number of hydrogen-bond donors (Lipinski definition) is 0. The van der Waals surface area contributed by atoms with Crippen LogP contribution in [0.1, 0.15) is 99.0 Å². The molecule has 188 valence electrons. The average molecular weight is 494 g/mol. The van der Waals surface area contributed by atoms with E-state index in [2.05, 4.69) is 37.0 Å². The van der Waals surface area contributed by atoms with Crippen LogP contribution in [-0.2, 0) is 16.0 Å². The van der Waals surface area contributed by atoms with E-state index in [0.717, 1.165) is 55.5 Å². The number of rotatable bonds is 11. The van der Waals surface area contributed by atoms with Gasteiger partial charge in [0.15, 0.2) is 5.78 Å². The second-order valence-corrected chi connectivity index (χ2v) is 11.5. The number of Topliss-reactive ketones (excluding diaryl/α,β-unsaturated/α-hetero) is 1. The molecule has 1 heterocycles. The largest absolute Gasteiger partial charge is 0.465 e. The molecule has 1 spiro atoms. The van der Waals surface area contributed by atoms with Crippen molar-refractivity contribution in [3.8, 4) is 0 Å². The number of hydrogen-bond acceptors (Lipinski definition) is 5. The number of carbonyl (C=O) groups is 2. The summed E-state index contributed by atoms with van der Waals surface area (Å²) < 4.78 is 5.50. The Morgan fingerprint density at radius 3 is 2.66 bits per heavy atom. The van der Waals surface area contributed by atoms with E-state index in [4.69, 9.17) is 4.74 Å². The summed E-state index contributed by atoms with van der Waals surface area (Å²) in [7, 11) is 0. The molecule has 2 aromatic rings. The lowest BCUT2D eigenvalue weighted by molar-refractivity contribution is -0.144. The van der Waals surface area contributed by atoms with Crippen molar-refractivity contribution in [2.24, 2.45) is 11.3 Å². The maximum atomic E-state index is 13.1. The normalized spacial score (nSPS) is 22.2. The van der Waals surface area contributed by atoms with E-state index in [1.807, 2.05) is 24.4 Å². The Morgan fingerprint density at radius 2 is 1.97 bits per heavy atom. The van der Waals surface area contributed by atoms with E-state index in [-0.39, 0.29) is 11.4 Å². The zero-order valence-electron chi connectivity index (χ0n) is 21.3. The summed E-state index contributed by atoms with van der Waals surface area (Å²) in [6.07, 6.45) is 11.9. The molecule has 5 heteroatoms. The number of nitrogens with zero attached hydrogens (tertiary/aromatic N) is 1. The van der Waals surface area contributed by atoms with Crippen LogP contribution >= 0.6 is 11.8 Å². The standard InChI is InChI=1S/C30H39NO3S/c1-3-5-8-22(4-2)21-34-28(32)15-18-35-27-12-11-25(20-31-27)23-13-16-30(17-14-23)19-24-9-6-7-10-26(24)29(30)33/h6-7,9-12,20,22-23H,3-5,8,13-19,21H2,1-2H3/t22?,23-,30+. The van der Waals surface area contributed by atoms with Crippen molar-refractivity contribution >= 4 is 23.5 Å². The zero-order valence-corrected chi connectivity index (χ0v) is 22.1. The summed E-state index contributed by atoms with van der Waals surface area (Å²) >= 11 is 1.61. The van der Waals surface area contributed by atoms with Crippen LogP contribution in [0.2, 0.25) is 0 Å². The molecule has 0 aliphatic heterocycles. The molecule has 2 aliphatic carbocycles. The van der Waals surface area contributed by atoms with E-state index >= 15 is 0 Å². The summed E-state index contributed by atoms with van der Waals surface area (Å²) in [4.78, 5) is 29.9. The predicted molar refractivity (Wildman–Crippen MR) is 142 cm³/mol. The highest BCUT2D eigenvalue weighted by Gasteiger charge is 2.47. The fourth-order valence-corrected chi connectivity index (χ4v) is 6.44. The molecule has 4 rings (SSSR count). The van der Waals surface area contributed by atoms with Gasteiger partial charge in [0.05, 0.1) is 18.1 Å². The molecular weight excluding hydrogens is 454 g/mol. The number of aromatic nitrogens is 1. The van der Waals surface area contributed by atoms with Crippen molar-refractivity contribution in [1.82, 2.24) is 4.98 Å². The van der Waals surface area contributed by atoms with Crippen LogP contribution in [0.5, 0.6) is 0 Å². The quantitative estimate of drug-likeness (QED) is 0.241. The van der Waals surface area contributed by atoms with Crippen molar-refractivity contribution in [2.45, 2.75) is 89.0 Å². The van der Waals surface area contributed by atoms with Crippen molar-refractivity contribution in [1.29, 1.82) is 0 Å². The van der Waals surface area contributed by atoms with Crippen molar-refractivity contribution in [3.63, 3.8) is 0 Å². The van der Waals surface area contributed by atoms with Gasteiger partial charge in [0.2, 0.25) is 0 Å². The summed E-state index contributed by atoms with van der Waals surface area (Å²) in [5.74, 6) is 1.89. The van der Waals surface area contributed by atoms with Crippen LogP contribution in [0.15, 0.2) is 47.6 Å². The predicted octanol–water partition coefficient (Wildman–Crippen LogP) is 7.41. The Morgan fingerprint density at radius 1 is 1.17 bits per heavy atom. The van der Waals surface area contributed by atoms with Crippen LogP contribution < -0.4 is 0 Å². The maximum absolute atomic E-state index is 13.1. The molecule has 1 fully saturated rings. The number of unbranched alkanes of at least 4 members (excludes halogenated alkanes) is 1. The number of thioether (sulfide) groups is 1. The highest BCUT2D eigenvalue weighted by Crippen LogP contribution is 2.50. The highest BCUT2D eigenvalue weighted by molar-refractivity contribution is 7.99. The Kier molecular flexibility index (Phi) is 9.04. The van der Waals surface area contributed by atoms with Gasteiger partial charge in [0, 0.05) is 22.9 Å². The van der Waals surface area contributed by atoms with Crippen LogP contribution in [0.3, 0.4) is 0 Å². The SMILES string of the molecule is CCCCC(CC)COC(=O)CCSc1ccc([C@H]2CC[C@@]3(CC2)Cc2ccccc2C3=O)cn1. The summed E-state index contributed by atoms with van der Waals surface area (Å²) in [5, 5.41) is 0.949. The van der Waals surface area contributed by atoms with Crippen LogP contribution in [0.25, 0.3) is 0 Å². The molecule has 1 aromatic carbocycles. The number of pyridine rings is 1. The van der Waals surface area contributed by atoms with E-state index in [9.17, 15) is 9.59 Å². The summed E-state index contributed by atoms with van der Waals surface area (Å²) in [6.45, 7) is 4.91. The van der Waals surface area contributed by atoms with E-state index in [1.54, 1.807) is 11.8 Å². The summed E-state index contributed by atoms with van der Waals surface area (Å²) in [5.41, 5.74) is 3.26. The molecule has 2 aliphatic rings. The second kappa shape index (κ2) is 12.2. The van der Waals surface area contributed by atoms with Gasteiger partial charge in [0.25, 0.3) is 0 Å². The molecule has 1 unspecified atom stereocenters. The van der Waals surface area contributed by atoms with Gasteiger partial charge in [-0.25, -0.2) is 4.98 Å². The average Bonchev–Trinajstić information content (AvgIpc) is 3.16. The van der Waals surface area contributed by atoms with Gasteiger partial charge in [-0.1, -0.05) is 63.4 Å². The summed E-state index contributed by atoms with van der Waals surface area (Å²) in [6, 6.07) is 12.4. The first-order valence-electron chi connectivity index (χ1n) is 13.4. The van der Waals surface area contributed by atoms with E-state index < -0.39 is 0 Å². The Balaban J connectivity index is 1.19. The molecule has 1 atom stereocenters. The molecule has 1 saturated carbocycles. The van der Waals surface area contributed by atoms with Gasteiger partial charge in [-0.2, -0.15) is 0 Å². The smallest absolute Gasteiger partial charge is 0.306 e. The molecule has 0 saturated heterocycles. The number of ketones is 1. The van der Waals surface area contributed by atoms with E-state index in [0.29, 0.717) is 36.4 Å². The zero-order chi connectivity index (χ0) is 24.7. The number of fused-ring (bicyclic) bond motifs is 1. The lowest BCUT2D eigenvalue weighted by atomic mass is 9.67. The molecule has 35 heavy (non-hydrogen) atoms. The van der Waals surface area contributed by atoms with Crippen molar-refractivity contribution in [3.05, 3.63) is 59.3 Å². The van der Waals surface area contributed by atoms with Crippen molar-refractivity contribution < 1.29 is 14.3 Å². The third kappa shape index (κ3) is 6.35. The Bertz CT molecular complexity index is 995. The van der Waals surface area contributed by atoms with Gasteiger partial charge in [0.1, 0.15) is 0 Å².